The smallest absolute Gasteiger partial charge is 0.327 e. The fourth-order valence-corrected chi connectivity index (χ4v) is 1.19. The summed E-state index contributed by atoms with van der Waals surface area (Å²) in [5, 5.41) is 3.01. The Kier molecular flexibility index (Phi) is 5.72. The van der Waals surface area contributed by atoms with E-state index < -0.39 is 5.54 Å². The van der Waals surface area contributed by atoms with Gasteiger partial charge in [0.25, 0.3) is 0 Å². The summed E-state index contributed by atoms with van der Waals surface area (Å²) in [4.78, 5) is 13.7. The number of hydrogen-bond acceptors (Lipinski definition) is 4. The number of carbonyl (C=O) groups excluding carboxylic acids is 1. The third-order valence-corrected chi connectivity index (χ3v) is 2.40. The van der Waals surface area contributed by atoms with Crippen LogP contribution in [0, 0.1) is 0 Å². The minimum Gasteiger partial charge on any atom is -0.465 e. The summed E-state index contributed by atoms with van der Waals surface area (Å²) in [6.07, 6.45) is 0. The Balaban J connectivity index is 4.37. The van der Waals surface area contributed by atoms with Crippen LogP contribution in [0.3, 0.4) is 0 Å². The van der Waals surface area contributed by atoms with E-state index in [1.54, 1.807) is 7.05 Å². The highest BCUT2D eigenvalue weighted by atomic mass is 16.5. The second-order valence-corrected chi connectivity index (χ2v) is 3.63. The Hall–Kier alpha value is -0.610. The minimum absolute atomic E-state index is 0.192. The lowest BCUT2D eigenvalue weighted by molar-refractivity contribution is -0.151. The normalized spacial score (nSPS) is 15.3. The molecule has 0 aliphatic rings. The van der Waals surface area contributed by atoms with Crippen LogP contribution in [0.2, 0.25) is 0 Å². The number of likely N-dealkylation sites (N-methyl/N-ethyl adjacent to an activating group) is 2. The Morgan fingerprint density at radius 2 is 2.07 bits per heavy atom. The van der Waals surface area contributed by atoms with Crippen molar-refractivity contribution < 1.29 is 9.53 Å². The molecular weight excluding hydrogens is 180 g/mol. The molecule has 4 heteroatoms. The molecule has 0 saturated carbocycles. The van der Waals surface area contributed by atoms with Gasteiger partial charge in [0.05, 0.1) is 6.61 Å². The van der Waals surface area contributed by atoms with Gasteiger partial charge in [0.2, 0.25) is 0 Å². The van der Waals surface area contributed by atoms with Crippen LogP contribution < -0.4 is 5.32 Å². The van der Waals surface area contributed by atoms with Crippen LogP contribution in [0.1, 0.15) is 20.8 Å². The molecule has 0 heterocycles. The Labute approximate surface area is 86.6 Å². The van der Waals surface area contributed by atoms with Gasteiger partial charge in [-0.3, -0.25) is 4.79 Å². The average Bonchev–Trinajstić information content (AvgIpc) is 2.17. The first-order valence-electron chi connectivity index (χ1n) is 5.04. The van der Waals surface area contributed by atoms with Crippen molar-refractivity contribution in [2.45, 2.75) is 26.3 Å². The molecule has 0 amide bonds. The summed E-state index contributed by atoms with van der Waals surface area (Å²) in [6.45, 7) is 7.72. The second-order valence-electron chi connectivity index (χ2n) is 3.63. The fourth-order valence-electron chi connectivity index (χ4n) is 1.19. The second kappa shape index (κ2) is 5.98. The average molecular weight is 202 g/mol. The molecule has 0 aliphatic heterocycles. The molecule has 0 aromatic heterocycles. The lowest BCUT2D eigenvalue weighted by Gasteiger charge is -2.30. The molecule has 1 atom stereocenters. The number of ether oxygens (including phenoxy) is 1. The van der Waals surface area contributed by atoms with Gasteiger partial charge in [-0.2, -0.15) is 0 Å². The van der Waals surface area contributed by atoms with E-state index in [0.29, 0.717) is 13.2 Å². The van der Waals surface area contributed by atoms with Crippen LogP contribution >= 0.6 is 0 Å². The summed E-state index contributed by atoms with van der Waals surface area (Å²) >= 11 is 0. The highest BCUT2D eigenvalue weighted by molar-refractivity contribution is 5.80. The van der Waals surface area contributed by atoms with Gasteiger partial charge in [0, 0.05) is 6.54 Å². The number of carbonyl (C=O) groups is 1. The molecule has 0 fully saturated rings. The van der Waals surface area contributed by atoms with Gasteiger partial charge < -0.3 is 15.0 Å². The number of nitrogens with zero attached hydrogens (tertiary/aromatic N) is 1. The van der Waals surface area contributed by atoms with Crippen molar-refractivity contribution in [2.24, 2.45) is 0 Å². The van der Waals surface area contributed by atoms with Gasteiger partial charge >= 0.3 is 5.97 Å². The predicted molar refractivity (Wildman–Crippen MR) is 57.3 cm³/mol. The Morgan fingerprint density at radius 3 is 2.43 bits per heavy atom. The van der Waals surface area contributed by atoms with E-state index in [4.69, 9.17) is 4.74 Å². The van der Waals surface area contributed by atoms with E-state index >= 15 is 0 Å². The van der Waals surface area contributed by atoms with E-state index in [1.165, 1.54) is 0 Å². The zero-order valence-corrected chi connectivity index (χ0v) is 9.89. The van der Waals surface area contributed by atoms with Crippen LogP contribution in [0.5, 0.6) is 0 Å². The number of hydrogen-bond donors (Lipinski definition) is 1. The molecule has 0 aliphatic carbocycles. The highest BCUT2D eigenvalue weighted by Gasteiger charge is 2.33. The van der Waals surface area contributed by atoms with Gasteiger partial charge in [0.1, 0.15) is 5.54 Å². The van der Waals surface area contributed by atoms with Crippen LogP contribution in [0.15, 0.2) is 0 Å². The topological polar surface area (TPSA) is 41.6 Å². The Morgan fingerprint density at radius 1 is 1.50 bits per heavy atom. The first-order chi connectivity index (χ1) is 6.50. The first kappa shape index (κ1) is 13.4. The zero-order valence-electron chi connectivity index (χ0n) is 9.89. The van der Waals surface area contributed by atoms with Crippen molar-refractivity contribution in [3.8, 4) is 0 Å². The summed E-state index contributed by atoms with van der Waals surface area (Å²) in [7, 11) is 3.76. The third-order valence-electron chi connectivity index (χ3n) is 2.40. The zero-order chi connectivity index (χ0) is 11.2. The van der Waals surface area contributed by atoms with Crippen LogP contribution in [-0.4, -0.2) is 50.2 Å². The predicted octanol–water partition coefficient (Wildman–Crippen LogP) is 0.479. The van der Waals surface area contributed by atoms with E-state index in [9.17, 15) is 4.79 Å². The van der Waals surface area contributed by atoms with Gasteiger partial charge in [-0.15, -0.1) is 0 Å². The fraction of sp³-hybridized carbons (Fsp3) is 0.900. The monoisotopic (exact) mass is 202 g/mol. The number of rotatable bonds is 6. The molecule has 4 nitrogen and oxygen atoms in total. The van der Waals surface area contributed by atoms with Crippen molar-refractivity contribution in [1.82, 2.24) is 10.2 Å². The van der Waals surface area contributed by atoms with Crippen molar-refractivity contribution in [3.63, 3.8) is 0 Å². The SMILES string of the molecule is CCOC(=O)C(C)(CN(C)CC)NC. The molecule has 1 N–H and O–H groups in total. The Bertz CT molecular complexity index is 185. The lowest BCUT2D eigenvalue weighted by Crippen LogP contribution is -2.55. The molecule has 84 valence electrons. The van der Waals surface area contributed by atoms with Crippen molar-refractivity contribution in [1.29, 1.82) is 0 Å². The van der Waals surface area contributed by atoms with Crippen LogP contribution in [0.4, 0.5) is 0 Å². The van der Waals surface area contributed by atoms with Gasteiger partial charge in [0.15, 0.2) is 0 Å². The van der Waals surface area contributed by atoms with E-state index in [0.717, 1.165) is 6.54 Å². The van der Waals surface area contributed by atoms with Crippen LogP contribution in [-0.2, 0) is 9.53 Å². The highest BCUT2D eigenvalue weighted by Crippen LogP contribution is 2.07. The maximum Gasteiger partial charge on any atom is 0.327 e. The van der Waals surface area contributed by atoms with Crippen molar-refractivity contribution in [2.75, 3.05) is 33.8 Å². The minimum atomic E-state index is -0.610. The largest absolute Gasteiger partial charge is 0.465 e. The first-order valence-corrected chi connectivity index (χ1v) is 5.04. The van der Waals surface area contributed by atoms with Gasteiger partial charge in [-0.1, -0.05) is 6.92 Å². The molecular formula is C10H22N2O2. The van der Waals surface area contributed by atoms with E-state index in [1.807, 2.05) is 20.9 Å². The maximum absolute atomic E-state index is 11.6. The van der Waals surface area contributed by atoms with Crippen molar-refractivity contribution >= 4 is 5.97 Å². The van der Waals surface area contributed by atoms with E-state index in [-0.39, 0.29) is 5.97 Å². The van der Waals surface area contributed by atoms with Crippen LogP contribution in [0.25, 0.3) is 0 Å². The van der Waals surface area contributed by atoms with Crippen molar-refractivity contribution in [3.05, 3.63) is 0 Å². The molecule has 0 aromatic rings. The molecule has 1 unspecified atom stereocenters. The summed E-state index contributed by atoms with van der Waals surface area (Å²) < 4.78 is 5.02. The molecule has 0 aromatic carbocycles. The molecule has 0 bridgehead atoms. The van der Waals surface area contributed by atoms with Gasteiger partial charge in [-0.05, 0) is 34.5 Å². The molecule has 0 spiro atoms. The lowest BCUT2D eigenvalue weighted by atomic mass is 10.0. The molecule has 0 radical (unpaired) electrons. The maximum atomic E-state index is 11.6. The quantitative estimate of drug-likeness (QED) is 0.636. The standard InChI is InChI=1S/C10H22N2O2/c1-6-12(5)8-10(3,11-4)9(13)14-7-2/h11H,6-8H2,1-5H3. The molecule has 0 rings (SSSR count). The summed E-state index contributed by atoms with van der Waals surface area (Å²) in [6, 6.07) is 0. The van der Waals surface area contributed by atoms with Gasteiger partial charge in [-0.25, -0.2) is 0 Å². The third kappa shape index (κ3) is 3.64. The van der Waals surface area contributed by atoms with E-state index in [2.05, 4.69) is 17.1 Å². The number of nitrogens with one attached hydrogen (secondary N) is 1. The molecule has 14 heavy (non-hydrogen) atoms. The summed E-state index contributed by atoms with van der Waals surface area (Å²) in [5.41, 5.74) is -0.610. The molecule has 0 saturated heterocycles. The summed E-state index contributed by atoms with van der Waals surface area (Å²) in [5.74, 6) is -0.192. The number of esters is 1.